The van der Waals surface area contributed by atoms with Crippen LogP contribution in [0.25, 0.3) is 0 Å². The Morgan fingerprint density at radius 3 is 2.88 bits per heavy atom. The normalized spacial score (nSPS) is 10.4. The van der Waals surface area contributed by atoms with Gasteiger partial charge in [-0.25, -0.2) is 0 Å². The molecule has 0 saturated heterocycles. The second kappa shape index (κ2) is 8.26. The molecule has 0 aliphatic heterocycles. The number of rotatable bonds is 6. The molecule has 1 heterocycles. The van der Waals surface area contributed by atoms with Gasteiger partial charge < -0.3 is 14.6 Å². The fourth-order valence-electron chi connectivity index (χ4n) is 1.16. The van der Waals surface area contributed by atoms with E-state index in [2.05, 4.69) is 11.8 Å². The number of aliphatic hydroxyl groups is 1. The quantitative estimate of drug-likeness (QED) is 0.623. The molecule has 1 N–H and O–H groups in total. The highest BCUT2D eigenvalue weighted by atomic mass is 32.1. The Hall–Kier alpha value is -0.860. The molecule has 0 atom stereocenters. The minimum Gasteiger partial charge on any atom is -0.384 e. The summed E-state index contributed by atoms with van der Waals surface area (Å²) in [4.78, 5) is 2.09. The van der Waals surface area contributed by atoms with Crippen LogP contribution in [0.2, 0.25) is 0 Å². The van der Waals surface area contributed by atoms with E-state index in [4.69, 9.17) is 14.6 Å². The van der Waals surface area contributed by atoms with Gasteiger partial charge in [-0.2, -0.15) is 0 Å². The van der Waals surface area contributed by atoms with Crippen LogP contribution in [0, 0.1) is 11.8 Å². The molecular weight excluding hydrogens is 236 g/mol. The van der Waals surface area contributed by atoms with Crippen LogP contribution >= 0.6 is 11.3 Å². The van der Waals surface area contributed by atoms with Crippen LogP contribution < -0.4 is 0 Å². The molecule has 3 nitrogen and oxygen atoms in total. The van der Waals surface area contributed by atoms with E-state index in [1.807, 2.05) is 26.0 Å². The number of ether oxygens (including phenoxy) is 2. The topological polar surface area (TPSA) is 38.7 Å². The van der Waals surface area contributed by atoms with E-state index >= 15 is 0 Å². The van der Waals surface area contributed by atoms with Crippen LogP contribution in [0.15, 0.2) is 12.1 Å². The Bertz CT molecular complexity index is 374. The first-order valence-electron chi connectivity index (χ1n) is 5.60. The van der Waals surface area contributed by atoms with Gasteiger partial charge in [0.15, 0.2) is 0 Å². The predicted molar refractivity (Wildman–Crippen MR) is 69.0 cm³/mol. The molecule has 0 radical (unpaired) electrons. The van der Waals surface area contributed by atoms with Crippen molar-refractivity contribution in [2.45, 2.75) is 26.6 Å². The molecule has 0 unspecified atom stereocenters. The minimum absolute atomic E-state index is 0.101. The van der Waals surface area contributed by atoms with Crippen LogP contribution in [0.3, 0.4) is 0 Å². The van der Waals surface area contributed by atoms with Crippen molar-refractivity contribution in [3.63, 3.8) is 0 Å². The van der Waals surface area contributed by atoms with E-state index in [0.29, 0.717) is 19.8 Å². The average Bonchev–Trinajstić information content (AvgIpc) is 2.73. The van der Waals surface area contributed by atoms with Gasteiger partial charge in [0.05, 0.1) is 30.8 Å². The molecule has 1 rings (SSSR count). The average molecular weight is 254 g/mol. The van der Waals surface area contributed by atoms with Gasteiger partial charge in [-0.15, -0.1) is 11.3 Å². The first kappa shape index (κ1) is 14.2. The molecule has 17 heavy (non-hydrogen) atoms. The summed E-state index contributed by atoms with van der Waals surface area (Å²) in [6.45, 7) is 5.73. The molecule has 0 aliphatic rings. The van der Waals surface area contributed by atoms with Crippen LogP contribution in [-0.2, 0) is 16.1 Å². The fraction of sp³-hybridized carbons (Fsp3) is 0.538. The highest BCUT2D eigenvalue weighted by molar-refractivity contribution is 7.12. The van der Waals surface area contributed by atoms with Gasteiger partial charge in [-0.05, 0) is 26.0 Å². The Kier molecular flexibility index (Phi) is 6.90. The maximum Gasteiger partial charge on any atom is 0.104 e. The molecule has 0 amide bonds. The molecule has 0 saturated carbocycles. The van der Waals surface area contributed by atoms with E-state index in [1.54, 1.807) is 11.3 Å². The lowest BCUT2D eigenvalue weighted by Gasteiger charge is -2.07. The maximum atomic E-state index is 8.57. The Morgan fingerprint density at radius 1 is 1.35 bits per heavy atom. The van der Waals surface area contributed by atoms with Crippen LogP contribution in [0.5, 0.6) is 0 Å². The molecular formula is C13H18O3S. The number of hydrogen-bond acceptors (Lipinski definition) is 4. The van der Waals surface area contributed by atoms with Crippen molar-refractivity contribution in [3.8, 4) is 11.8 Å². The van der Waals surface area contributed by atoms with E-state index in [9.17, 15) is 0 Å². The standard InChI is InChI=1S/C13H18O3S/c1-11(2)16-9-8-15-10-13-6-5-12(17-13)4-3-7-14/h5-6,11,14H,7-10H2,1-2H3. The van der Waals surface area contributed by atoms with Crippen molar-refractivity contribution in [1.29, 1.82) is 0 Å². The first-order valence-corrected chi connectivity index (χ1v) is 6.42. The van der Waals surface area contributed by atoms with Gasteiger partial charge in [0.25, 0.3) is 0 Å². The lowest BCUT2D eigenvalue weighted by atomic mass is 10.4. The van der Waals surface area contributed by atoms with E-state index in [1.165, 1.54) is 0 Å². The van der Waals surface area contributed by atoms with E-state index < -0.39 is 0 Å². The predicted octanol–water partition coefficient (Wildman–Crippen LogP) is 2.03. The number of aliphatic hydroxyl groups excluding tert-OH is 1. The van der Waals surface area contributed by atoms with Crippen molar-refractivity contribution in [3.05, 3.63) is 21.9 Å². The van der Waals surface area contributed by atoms with Gasteiger partial charge in [0.1, 0.15) is 6.61 Å². The molecule has 0 fully saturated rings. The molecule has 0 aromatic carbocycles. The molecule has 4 heteroatoms. The second-order valence-electron chi connectivity index (χ2n) is 3.70. The maximum absolute atomic E-state index is 8.57. The third-order valence-corrected chi connectivity index (χ3v) is 2.85. The molecule has 0 bridgehead atoms. The lowest BCUT2D eigenvalue weighted by Crippen LogP contribution is -2.09. The SMILES string of the molecule is CC(C)OCCOCc1ccc(C#CCO)s1. The minimum atomic E-state index is -0.101. The Balaban J connectivity index is 2.21. The van der Waals surface area contributed by atoms with Crippen molar-refractivity contribution in [2.75, 3.05) is 19.8 Å². The molecule has 1 aromatic rings. The first-order chi connectivity index (χ1) is 8.22. The smallest absolute Gasteiger partial charge is 0.104 e. The van der Waals surface area contributed by atoms with Gasteiger partial charge >= 0.3 is 0 Å². The van der Waals surface area contributed by atoms with Gasteiger partial charge in [0.2, 0.25) is 0 Å². The number of hydrogen-bond donors (Lipinski definition) is 1. The molecule has 94 valence electrons. The molecule has 1 aromatic heterocycles. The largest absolute Gasteiger partial charge is 0.384 e. The number of thiophene rings is 1. The van der Waals surface area contributed by atoms with Gasteiger partial charge in [0, 0.05) is 4.88 Å². The second-order valence-corrected chi connectivity index (χ2v) is 4.87. The highest BCUT2D eigenvalue weighted by Crippen LogP contribution is 2.16. The van der Waals surface area contributed by atoms with Crippen LogP contribution in [-0.4, -0.2) is 31.0 Å². The van der Waals surface area contributed by atoms with Crippen LogP contribution in [0.1, 0.15) is 23.6 Å². The Morgan fingerprint density at radius 2 is 2.18 bits per heavy atom. The van der Waals surface area contributed by atoms with Crippen molar-refractivity contribution in [2.24, 2.45) is 0 Å². The molecule has 0 aliphatic carbocycles. The highest BCUT2D eigenvalue weighted by Gasteiger charge is 1.98. The zero-order chi connectivity index (χ0) is 12.5. The lowest BCUT2D eigenvalue weighted by molar-refractivity contribution is 0.0149. The third-order valence-electron chi connectivity index (χ3n) is 1.88. The van der Waals surface area contributed by atoms with E-state index in [0.717, 1.165) is 9.75 Å². The zero-order valence-corrected chi connectivity index (χ0v) is 11.0. The Labute approximate surface area is 106 Å². The third kappa shape index (κ3) is 6.44. The van der Waals surface area contributed by atoms with Crippen molar-refractivity contribution >= 4 is 11.3 Å². The summed E-state index contributed by atoms with van der Waals surface area (Å²) in [5.41, 5.74) is 0. The van der Waals surface area contributed by atoms with Gasteiger partial charge in [-0.1, -0.05) is 11.8 Å². The van der Waals surface area contributed by atoms with Gasteiger partial charge in [-0.3, -0.25) is 0 Å². The summed E-state index contributed by atoms with van der Waals surface area (Å²) in [5.74, 6) is 5.49. The van der Waals surface area contributed by atoms with E-state index in [-0.39, 0.29) is 12.7 Å². The molecule has 0 spiro atoms. The zero-order valence-electron chi connectivity index (χ0n) is 10.2. The summed E-state index contributed by atoms with van der Waals surface area (Å²) >= 11 is 1.59. The van der Waals surface area contributed by atoms with Crippen molar-refractivity contribution in [1.82, 2.24) is 0 Å². The summed E-state index contributed by atoms with van der Waals surface area (Å²) in [6, 6.07) is 3.94. The monoisotopic (exact) mass is 254 g/mol. The van der Waals surface area contributed by atoms with Crippen molar-refractivity contribution < 1.29 is 14.6 Å². The summed E-state index contributed by atoms with van der Waals surface area (Å²) in [6.07, 6.45) is 0.251. The summed E-state index contributed by atoms with van der Waals surface area (Å²) < 4.78 is 10.8. The fourth-order valence-corrected chi connectivity index (χ4v) is 1.98. The van der Waals surface area contributed by atoms with Crippen LogP contribution in [0.4, 0.5) is 0 Å². The summed E-state index contributed by atoms with van der Waals surface area (Å²) in [5, 5.41) is 8.57. The summed E-state index contributed by atoms with van der Waals surface area (Å²) in [7, 11) is 0.